The van der Waals surface area contributed by atoms with E-state index in [0.717, 1.165) is 18.7 Å². The minimum absolute atomic E-state index is 0.228. The average molecular weight is 314 g/mol. The zero-order valence-electron chi connectivity index (χ0n) is 12.2. The van der Waals surface area contributed by atoms with Crippen molar-refractivity contribution in [3.05, 3.63) is 24.3 Å². The van der Waals surface area contributed by atoms with E-state index >= 15 is 0 Å². The van der Waals surface area contributed by atoms with Crippen molar-refractivity contribution in [2.45, 2.75) is 24.3 Å². The highest BCUT2D eigenvalue weighted by molar-refractivity contribution is 7.89. The Hall–Kier alpha value is -1.15. The number of hydrogen-bond acceptors (Lipinski definition) is 5. The molecular weight excluding hydrogens is 292 g/mol. The van der Waals surface area contributed by atoms with Crippen LogP contribution >= 0.6 is 0 Å². The van der Waals surface area contributed by atoms with Crippen molar-refractivity contribution in [3.63, 3.8) is 0 Å². The molecule has 0 aliphatic carbocycles. The zero-order valence-corrected chi connectivity index (χ0v) is 13.0. The number of rotatable bonds is 6. The van der Waals surface area contributed by atoms with Gasteiger partial charge in [-0.05, 0) is 30.7 Å². The van der Waals surface area contributed by atoms with Gasteiger partial charge in [-0.15, -0.1) is 0 Å². The van der Waals surface area contributed by atoms with Crippen molar-refractivity contribution in [1.29, 1.82) is 0 Å². The predicted molar refractivity (Wildman–Crippen MR) is 80.8 cm³/mol. The van der Waals surface area contributed by atoms with E-state index in [1.807, 2.05) is 0 Å². The SMILES string of the molecule is CCCNc1ccc(S(=O)(=O)N2CCOCC2CO)cc1. The van der Waals surface area contributed by atoms with E-state index in [0.29, 0.717) is 6.61 Å². The Bertz CT molecular complexity index is 545. The second kappa shape index (κ2) is 7.22. The largest absolute Gasteiger partial charge is 0.395 e. The third-order valence-corrected chi connectivity index (χ3v) is 5.39. The third-order valence-electron chi connectivity index (χ3n) is 3.42. The fraction of sp³-hybridized carbons (Fsp3) is 0.571. The van der Waals surface area contributed by atoms with Gasteiger partial charge in [0.15, 0.2) is 0 Å². The van der Waals surface area contributed by atoms with Crippen LogP contribution in [0.3, 0.4) is 0 Å². The number of hydrogen-bond donors (Lipinski definition) is 2. The molecule has 0 radical (unpaired) electrons. The van der Waals surface area contributed by atoms with Gasteiger partial charge in [-0.1, -0.05) is 6.92 Å². The lowest BCUT2D eigenvalue weighted by molar-refractivity contribution is 0.0109. The summed E-state index contributed by atoms with van der Waals surface area (Å²) < 4.78 is 31.8. The van der Waals surface area contributed by atoms with Gasteiger partial charge in [0.25, 0.3) is 0 Å². The normalized spacial score (nSPS) is 20.4. The summed E-state index contributed by atoms with van der Waals surface area (Å²) in [6.07, 6.45) is 1.01. The zero-order chi connectivity index (χ0) is 15.3. The molecule has 1 heterocycles. The summed E-state index contributed by atoms with van der Waals surface area (Å²) in [6, 6.07) is 6.20. The van der Waals surface area contributed by atoms with Crippen LogP contribution in [-0.4, -0.2) is 56.8 Å². The number of benzene rings is 1. The molecule has 0 amide bonds. The van der Waals surface area contributed by atoms with Gasteiger partial charge in [0.05, 0.1) is 30.8 Å². The molecule has 1 aromatic carbocycles. The van der Waals surface area contributed by atoms with E-state index in [-0.39, 0.29) is 24.7 Å². The Balaban J connectivity index is 2.18. The van der Waals surface area contributed by atoms with Crippen molar-refractivity contribution in [1.82, 2.24) is 4.31 Å². The Morgan fingerprint density at radius 1 is 1.38 bits per heavy atom. The molecular formula is C14H22N2O4S. The highest BCUT2D eigenvalue weighted by Gasteiger charge is 2.33. The number of ether oxygens (including phenoxy) is 1. The summed E-state index contributed by atoms with van der Waals surface area (Å²) in [5.74, 6) is 0. The van der Waals surface area contributed by atoms with Crippen LogP contribution in [0.4, 0.5) is 5.69 Å². The van der Waals surface area contributed by atoms with E-state index in [2.05, 4.69) is 12.2 Å². The number of aliphatic hydroxyl groups excluding tert-OH is 1. The molecule has 1 aromatic rings. The Morgan fingerprint density at radius 3 is 2.71 bits per heavy atom. The second-order valence-corrected chi connectivity index (χ2v) is 6.87. The summed E-state index contributed by atoms with van der Waals surface area (Å²) >= 11 is 0. The van der Waals surface area contributed by atoms with Crippen molar-refractivity contribution in [2.24, 2.45) is 0 Å². The standard InChI is InChI=1S/C14H22N2O4S/c1-2-7-15-12-3-5-14(6-4-12)21(18,19)16-8-9-20-11-13(16)10-17/h3-6,13,15,17H,2,7-11H2,1H3. The maximum absolute atomic E-state index is 12.6. The predicted octanol–water partition coefficient (Wildman–Crippen LogP) is 0.890. The Labute approximate surface area is 125 Å². The minimum atomic E-state index is -3.60. The molecule has 1 fully saturated rings. The van der Waals surface area contributed by atoms with Crippen LogP contribution in [0.15, 0.2) is 29.2 Å². The number of anilines is 1. The van der Waals surface area contributed by atoms with Crippen LogP contribution in [0.1, 0.15) is 13.3 Å². The third kappa shape index (κ3) is 3.74. The van der Waals surface area contributed by atoms with Crippen molar-refractivity contribution in [2.75, 3.05) is 38.2 Å². The summed E-state index contributed by atoms with van der Waals surface area (Å²) in [7, 11) is -3.60. The minimum Gasteiger partial charge on any atom is -0.395 e. The van der Waals surface area contributed by atoms with Crippen LogP contribution in [0, 0.1) is 0 Å². The lowest BCUT2D eigenvalue weighted by Crippen LogP contribution is -2.50. The molecule has 0 bridgehead atoms. The number of nitrogens with one attached hydrogen (secondary N) is 1. The second-order valence-electron chi connectivity index (χ2n) is 4.98. The van der Waals surface area contributed by atoms with Gasteiger partial charge in [0, 0.05) is 18.8 Å². The van der Waals surface area contributed by atoms with E-state index in [1.165, 1.54) is 4.31 Å². The summed E-state index contributed by atoms with van der Waals surface area (Å²) in [5.41, 5.74) is 0.900. The van der Waals surface area contributed by atoms with Gasteiger partial charge in [-0.2, -0.15) is 4.31 Å². The van der Waals surface area contributed by atoms with Crippen molar-refractivity contribution >= 4 is 15.7 Å². The topological polar surface area (TPSA) is 78.9 Å². The highest BCUT2D eigenvalue weighted by Crippen LogP contribution is 2.22. The molecule has 1 atom stereocenters. The molecule has 2 rings (SSSR count). The first-order valence-corrected chi connectivity index (χ1v) is 8.58. The summed E-state index contributed by atoms with van der Waals surface area (Å²) in [6.45, 7) is 3.53. The van der Waals surface area contributed by atoms with Crippen LogP contribution in [-0.2, 0) is 14.8 Å². The van der Waals surface area contributed by atoms with Crippen molar-refractivity contribution in [3.8, 4) is 0 Å². The maximum atomic E-state index is 12.6. The first-order chi connectivity index (χ1) is 10.1. The van der Waals surface area contributed by atoms with Gasteiger partial charge in [0.2, 0.25) is 10.0 Å². The molecule has 1 aliphatic rings. The van der Waals surface area contributed by atoms with Crippen LogP contribution in [0.2, 0.25) is 0 Å². The monoisotopic (exact) mass is 314 g/mol. The Morgan fingerprint density at radius 2 is 2.10 bits per heavy atom. The van der Waals surface area contributed by atoms with Gasteiger partial charge in [-0.25, -0.2) is 8.42 Å². The molecule has 118 valence electrons. The van der Waals surface area contributed by atoms with Gasteiger partial charge in [-0.3, -0.25) is 0 Å². The van der Waals surface area contributed by atoms with E-state index in [1.54, 1.807) is 24.3 Å². The lowest BCUT2D eigenvalue weighted by atomic mass is 10.3. The molecule has 0 aromatic heterocycles. The molecule has 0 saturated carbocycles. The fourth-order valence-electron chi connectivity index (χ4n) is 2.25. The van der Waals surface area contributed by atoms with E-state index in [9.17, 15) is 13.5 Å². The van der Waals surface area contributed by atoms with Gasteiger partial charge < -0.3 is 15.2 Å². The lowest BCUT2D eigenvalue weighted by Gasteiger charge is -2.33. The molecule has 7 heteroatoms. The molecule has 1 aliphatic heterocycles. The van der Waals surface area contributed by atoms with Gasteiger partial charge >= 0.3 is 0 Å². The van der Waals surface area contributed by atoms with Crippen molar-refractivity contribution < 1.29 is 18.3 Å². The maximum Gasteiger partial charge on any atom is 0.243 e. The van der Waals surface area contributed by atoms with Crippen LogP contribution < -0.4 is 5.32 Å². The smallest absolute Gasteiger partial charge is 0.243 e. The molecule has 1 saturated heterocycles. The quantitative estimate of drug-likeness (QED) is 0.815. The molecule has 2 N–H and O–H groups in total. The van der Waals surface area contributed by atoms with E-state index < -0.39 is 16.1 Å². The molecule has 6 nitrogen and oxygen atoms in total. The van der Waals surface area contributed by atoms with Crippen LogP contribution in [0.5, 0.6) is 0 Å². The molecule has 21 heavy (non-hydrogen) atoms. The first-order valence-electron chi connectivity index (χ1n) is 7.14. The number of sulfonamides is 1. The number of morpholine rings is 1. The fourth-order valence-corrected chi connectivity index (χ4v) is 3.84. The van der Waals surface area contributed by atoms with Crippen LogP contribution in [0.25, 0.3) is 0 Å². The highest BCUT2D eigenvalue weighted by atomic mass is 32.2. The summed E-state index contributed by atoms with van der Waals surface area (Å²) in [5, 5.41) is 12.5. The first kappa shape index (κ1) is 16.2. The number of aliphatic hydroxyl groups is 1. The van der Waals surface area contributed by atoms with Gasteiger partial charge in [0.1, 0.15) is 0 Å². The van der Waals surface area contributed by atoms with E-state index in [4.69, 9.17) is 4.74 Å². The number of nitrogens with zero attached hydrogens (tertiary/aromatic N) is 1. The summed E-state index contributed by atoms with van der Waals surface area (Å²) in [4.78, 5) is 0.241. The average Bonchev–Trinajstić information content (AvgIpc) is 2.53. The molecule has 0 spiro atoms. The molecule has 1 unspecified atom stereocenters. The Kier molecular flexibility index (Phi) is 5.58.